The van der Waals surface area contributed by atoms with Crippen molar-refractivity contribution in [3.8, 4) is 5.75 Å². The van der Waals surface area contributed by atoms with E-state index >= 15 is 0 Å². The van der Waals surface area contributed by atoms with Crippen LogP contribution in [0.3, 0.4) is 0 Å². The van der Waals surface area contributed by atoms with Crippen LogP contribution in [0.1, 0.15) is 27.2 Å². The summed E-state index contributed by atoms with van der Waals surface area (Å²) < 4.78 is 10.8. The minimum atomic E-state index is -0.945. The molecule has 0 amide bonds. The van der Waals surface area contributed by atoms with Crippen LogP contribution < -0.4 is 4.74 Å². The second kappa shape index (κ2) is 6.20. The van der Waals surface area contributed by atoms with E-state index in [1.807, 2.05) is 6.07 Å². The number of furan rings is 1. The summed E-state index contributed by atoms with van der Waals surface area (Å²) in [5.74, 6) is -0.295. The number of carbonyl (C=O) groups excluding carboxylic acids is 1. The molecule has 1 aromatic heterocycles. The highest BCUT2D eigenvalue weighted by Crippen LogP contribution is 2.30. The number of carboxylic acids is 1. The van der Waals surface area contributed by atoms with Crippen molar-refractivity contribution < 1.29 is 23.8 Å². The molecule has 1 N–H and O–H groups in total. The van der Waals surface area contributed by atoms with E-state index in [1.165, 1.54) is 0 Å². The highest BCUT2D eigenvalue weighted by molar-refractivity contribution is 6.10. The van der Waals surface area contributed by atoms with E-state index in [1.54, 1.807) is 50.4 Å². The Labute approximate surface area is 138 Å². The molecule has 3 rings (SSSR count). The van der Waals surface area contributed by atoms with Gasteiger partial charge in [-0.3, -0.25) is 9.59 Å². The van der Waals surface area contributed by atoms with Gasteiger partial charge in [-0.2, -0.15) is 0 Å². The van der Waals surface area contributed by atoms with Crippen molar-refractivity contribution in [2.24, 2.45) is 0 Å². The summed E-state index contributed by atoms with van der Waals surface area (Å²) in [6, 6.07) is 12.1. The first kappa shape index (κ1) is 15.8. The lowest BCUT2D eigenvalue weighted by atomic mass is 10.0. The number of carbonyl (C=O) groups is 2. The molecule has 122 valence electrons. The zero-order valence-corrected chi connectivity index (χ0v) is 13.3. The van der Waals surface area contributed by atoms with Gasteiger partial charge in [0.15, 0.2) is 5.76 Å². The number of ether oxygens (including phenoxy) is 1. The third kappa shape index (κ3) is 2.76. The molecule has 0 atom stereocenters. The molecule has 0 saturated heterocycles. The van der Waals surface area contributed by atoms with Crippen LogP contribution in [-0.2, 0) is 11.2 Å². The summed E-state index contributed by atoms with van der Waals surface area (Å²) >= 11 is 0. The average Bonchev–Trinajstić information content (AvgIpc) is 2.92. The molecule has 0 aliphatic heterocycles. The maximum absolute atomic E-state index is 12.7. The number of para-hydroxylation sites is 1. The van der Waals surface area contributed by atoms with Crippen molar-refractivity contribution in [2.75, 3.05) is 7.11 Å². The number of hydrogen-bond donors (Lipinski definition) is 1. The van der Waals surface area contributed by atoms with Crippen LogP contribution >= 0.6 is 0 Å². The van der Waals surface area contributed by atoms with Crippen molar-refractivity contribution in [1.82, 2.24) is 0 Å². The number of aryl methyl sites for hydroxylation is 1. The van der Waals surface area contributed by atoms with Crippen molar-refractivity contribution in [3.63, 3.8) is 0 Å². The maximum atomic E-state index is 12.7. The molecule has 1 heterocycles. The number of carboxylic acid groups (broad SMARTS) is 1. The van der Waals surface area contributed by atoms with Crippen molar-refractivity contribution in [3.05, 3.63) is 64.9 Å². The number of rotatable bonds is 5. The van der Waals surface area contributed by atoms with Crippen LogP contribution in [0.4, 0.5) is 0 Å². The lowest BCUT2D eigenvalue weighted by Crippen LogP contribution is -2.01. The number of ketones is 1. The van der Waals surface area contributed by atoms with Gasteiger partial charge < -0.3 is 14.3 Å². The Balaban J connectivity index is 2.07. The average molecular weight is 324 g/mol. The quantitative estimate of drug-likeness (QED) is 0.726. The van der Waals surface area contributed by atoms with Crippen LogP contribution in [0.2, 0.25) is 0 Å². The first-order valence-electron chi connectivity index (χ1n) is 7.42. The van der Waals surface area contributed by atoms with E-state index < -0.39 is 5.97 Å². The molecule has 0 fully saturated rings. The molecular formula is C19H16O5. The highest BCUT2D eigenvalue weighted by Gasteiger charge is 2.21. The fourth-order valence-corrected chi connectivity index (χ4v) is 2.69. The monoisotopic (exact) mass is 324 g/mol. The Morgan fingerprint density at radius 1 is 1.12 bits per heavy atom. The van der Waals surface area contributed by atoms with Gasteiger partial charge in [-0.25, -0.2) is 0 Å². The van der Waals surface area contributed by atoms with Gasteiger partial charge in [-0.1, -0.05) is 18.2 Å². The lowest BCUT2D eigenvalue weighted by molar-refractivity contribution is -0.136. The Bertz CT molecular complexity index is 919. The van der Waals surface area contributed by atoms with E-state index in [9.17, 15) is 9.59 Å². The predicted octanol–water partition coefficient (Wildman–Crippen LogP) is 3.61. The smallest absolute Gasteiger partial charge is 0.307 e. The van der Waals surface area contributed by atoms with Gasteiger partial charge in [0.05, 0.1) is 13.5 Å². The molecular weight excluding hydrogens is 308 g/mol. The molecule has 0 aliphatic carbocycles. The molecule has 0 aliphatic rings. The van der Waals surface area contributed by atoms with Gasteiger partial charge in [-0.05, 0) is 31.2 Å². The Hall–Kier alpha value is -3.08. The fourth-order valence-electron chi connectivity index (χ4n) is 2.69. The van der Waals surface area contributed by atoms with Crippen molar-refractivity contribution >= 4 is 22.7 Å². The number of benzene rings is 2. The standard InChI is InChI=1S/C19H16O5/c1-11-15-5-3-4-13(10-16(20)21)19(15)24-18(11)17(22)12-6-8-14(23-2)9-7-12/h3-9H,10H2,1-2H3,(H,20,21). The van der Waals surface area contributed by atoms with E-state index in [2.05, 4.69) is 0 Å². The van der Waals surface area contributed by atoms with Gasteiger partial charge >= 0.3 is 5.97 Å². The fraction of sp³-hybridized carbons (Fsp3) is 0.158. The summed E-state index contributed by atoms with van der Waals surface area (Å²) in [6.45, 7) is 1.80. The second-order valence-corrected chi connectivity index (χ2v) is 5.48. The van der Waals surface area contributed by atoms with Crippen LogP contribution in [0.15, 0.2) is 46.9 Å². The number of hydrogen-bond acceptors (Lipinski definition) is 4. The van der Waals surface area contributed by atoms with Gasteiger partial charge in [0.1, 0.15) is 11.3 Å². The molecule has 0 saturated carbocycles. The minimum absolute atomic E-state index is 0.152. The summed E-state index contributed by atoms with van der Waals surface area (Å²) in [5.41, 5.74) is 2.20. The summed E-state index contributed by atoms with van der Waals surface area (Å²) in [6.07, 6.45) is -0.152. The van der Waals surface area contributed by atoms with Gasteiger partial charge in [0.2, 0.25) is 5.78 Å². The number of methoxy groups -OCH3 is 1. The Morgan fingerprint density at radius 3 is 2.46 bits per heavy atom. The van der Waals surface area contributed by atoms with Gasteiger partial charge in [-0.15, -0.1) is 0 Å². The SMILES string of the molecule is COc1ccc(C(=O)c2oc3c(CC(=O)O)cccc3c2C)cc1. The third-order valence-electron chi connectivity index (χ3n) is 3.95. The molecule has 2 aromatic carbocycles. The van der Waals surface area contributed by atoms with Gasteiger partial charge in [0, 0.05) is 22.1 Å². The van der Waals surface area contributed by atoms with E-state index in [-0.39, 0.29) is 18.0 Å². The van der Waals surface area contributed by atoms with Crippen molar-refractivity contribution in [2.45, 2.75) is 13.3 Å². The zero-order valence-electron chi connectivity index (χ0n) is 13.3. The largest absolute Gasteiger partial charge is 0.497 e. The summed E-state index contributed by atoms with van der Waals surface area (Å²) in [7, 11) is 1.56. The molecule has 0 spiro atoms. The normalized spacial score (nSPS) is 10.8. The van der Waals surface area contributed by atoms with Crippen LogP contribution in [-0.4, -0.2) is 24.0 Å². The molecule has 0 bridgehead atoms. The summed E-state index contributed by atoms with van der Waals surface area (Å²) in [4.78, 5) is 23.7. The molecule has 5 nitrogen and oxygen atoms in total. The van der Waals surface area contributed by atoms with E-state index in [4.69, 9.17) is 14.3 Å². The first-order chi connectivity index (χ1) is 11.5. The molecule has 0 unspecified atom stereocenters. The van der Waals surface area contributed by atoms with E-state index in [0.29, 0.717) is 28.0 Å². The Kier molecular flexibility index (Phi) is 4.08. The third-order valence-corrected chi connectivity index (χ3v) is 3.95. The number of fused-ring (bicyclic) bond motifs is 1. The maximum Gasteiger partial charge on any atom is 0.307 e. The van der Waals surface area contributed by atoms with Crippen molar-refractivity contribution in [1.29, 1.82) is 0 Å². The topological polar surface area (TPSA) is 76.7 Å². The Morgan fingerprint density at radius 2 is 1.83 bits per heavy atom. The molecule has 24 heavy (non-hydrogen) atoms. The zero-order chi connectivity index (χ0) is 17.3. The highest BCUT2D eigenvalue weighted by atomic mass is 16.5. The van der Waals surface area contributed by atoms with Crippen LogP contribution in [0.25, 0.3) is 11.0 Å². The van der Waals surface area contributed by atoms with Crippen LogP contribution in [0.5, 0.6) is 5.75 Å². The first-order valence-corrected chi connectivity index (χ1v) is 7.42. The predicted molar refractivity (Wildman–Crippen MR) is 88.7 cm³/mol. The molecule has 5 heteroatoms. The van der Waals surface area contributed by atoms with Gasteiger partial charge in [0.25, 0.3) is 0 Å². The minimum Gasteiger partial charge on any atom is -0.497 e. The summed E-state index contributed by atoms with van der Waals surface area (Å²) in [5, 5.41) is 9.77. The number of aliphatic carboxylic acids is 1. The lowest BCUT2D eigenvalue weighted by Gasteiger charge is -2.02. The second-order valence-electron chi connectivity index (χ2n) is 5.48. The van der Waals surface area contributed by atoms with Crippen LogP contribution in [0, 0.1) is 6.92 Å². The molecule has 0 radical (unpaired) electrons. The molecule has 3 aromatic rings. The van der Waals surface area contributed by atoms with E-state index in [0.717, 1.165) is 5.39 Å².